The molecule has 0 spiro atoms. The van der Waals surface area contributed by atoms with Crippen molar-refractivity contribution in [1.29, 1.82) is 0 Å². The summed E-state index contributed by atoms with van der Waals surface area (Å²) < 4.78 is 0. The van der Waals surface area contributed by atoms with Crippen LogP contribution in [0.3, 0.4) is 0 Å². The van der Waals surface area contributed by atoms with Crippen molar-refractivity contribution >= 4 is 0 Å². The van der Waals surface area contributed by atoms with E-state index < -0.39 is 0 Å². The van der Waals surface area contributed by atoms with Crippen LogP contribution in [0.15, 0.2) is 42.5 Å². The van der Waals surface area contributed by atoms with Crippen molar-refractivity contribution in [2.24, 2.45) is 5.92 Å². The van der Waals surface area contributed by atoms with Crippen LogP contribution in [-0.2, 0) is 0 Å². The first-order valence-corrected chi connectivity index (χ1v) is 8.04. The molecule has 0 saturated carbocycles. The molecule has 0 radical (unpaired) electrons. The second-order valence-corrected chi connectivity index (χ2v) is 6.82. The third-order valence-corrected chi connectivity index (χ3v) is 4.74. The van der Waals surface area contributed by atoms with Gasteiger partial charge in [0.15, 0.2) is 0 Å². The van der Waals surface area contributed by atoms with Gasteiger partial charge in [0.2, 0.25) is 0 Å². The Balaban J connectivity index is 2.40. The largest absolute Gasteiger partial charge is 0.0622 e. The standard InChI is InChI=1S/C21H28/c1-14(2)21(20-9-7-8-15(3)12-20)18(6)19-11-10-16(4)17(5)13-19/h7-14,18,21H,1-6H3. The lowest BCUT2D eigenvalue weighted by atomic mass is 9.75. The van der Waals surface area contributed by atoms with E-state index in [1.54, 1.807) is 0 Å². The van der Waals surface area contributed by atoms with Gasteiger partial charge in [0.1, 0.15) is 0 Å². The van der Waals surface area contributed by atoms with Gasteiger partial charge in [-0.25, -0.2) is 0 Å². The first-order chi connectivity index (χ1) is 9.90. The van der Waals surface area contributed by atoms with Crippen molar-refractivity contribution in [3.05, 3.63) is 70.3 Å². The Bertz CT molecular complexity index is 607. The topological polar surface area (TPSA) is 0 Å². The molecule has 0 bridgehead atoms. The highest BCUT2D eigenvalue weighted by Crippen LogP contribution is 2.38. The number of aryl methyl sites for hydroxylation is 3. The Morgan fingerprint density at radius 1 is 0.714 bits per heavy atom. The summed E-state index contributed by atoms with van der Waals surface area (Å²) in [5.74, 6) is 1.72. The SMILES string of the molecule is Cc1cccc(C(C(C)C)C(C)c2ccc(C)c(C)c2)c1. The first kappa shape index (κ1) is 15.8. The fourth-order valence-electron chi connectivity index (χ4n) is 3.38. The van der Waals surface area contributed by atoms with Crippen LogP contribution in [-0.4, -0.2) is 0 Å². The zero-order valence-electron chi connectivity index (χ0n) is 14.3. The van der Waals surface area contributed by atoms with Gasteiger partial charge in [-0.2, -0.15) is 0 Å². The van der Waals surface area contributed by atoms with Crippen LogP contribution in [0.2, 0.25) is 0 Å². The van der Waals surface area contributed by atoms with E-state index >= 15 is 0 Å². The molecule has 0 fully saturated rings. The Labute approximate surface area is 130 Å². The highest BCUT2D eigenvalue weighted by Gasteiger charge is 2.24. The predicted molar refractivity (Wildman–Crippen MR) is 93.1 cm³/mol. The van der Waals surface area contributed by atoms with Crippen molar-refractivity contribution in [3.8, 4) is 0 Å². The van der Waals surface area contributed by atoms with Gasteiger partial charge in [0.05, 0.1) is 0 Å². The maximum Gasteiger partial charge on any atom is -0.00726 e. The van der Waals surface area contributed by atoms with Crippen molar-refractivity contribution in [3.63, 3.8) is 0 Å². The zero-order chi connectivity index (χ0) is 15.6. The minimum Gasteiger partial charge on any atom is -0.0622 e. The highest BCUT2D eigenvalue weighted by molar-refractivity contribution is 5.35. The van der Waals surface area contributed by atoms with E-state index in [9.17, 15) is 0 Å². The van der Waals surface area contributed by atoms with Gasteiger partial charge >= 0.3 is 0 Å². The van der Waals surface area contributed by atoms with Gasteiger partial charge in [-0.1, -0.05) is 68.8 Å². The maximum absolute atomic E-state index is 2.37. The lowest BCUT2D eigenvalue weighted by molar-refractivity contribution is 0.437. The monoisotopic (exact) mass is 280 g/mol. The van der Waals surface area contributed by atoms with Crippen molar-refractivity contribution in [1.82, 2.24) is 0 Å². The summed E-state index contributed by atoms with van der Waals surface area (Å²) in [5.41, 5.74) is 7.05. The van der Waals surface area contributed by atoms with Crippen molar-refractivity contribution < 1.29 is 0 Å². The number of benzene rings is 2. The highest BCUT2D eigenvalue weighted by atomic mass is 14.3. The third-order valence-electron chi connectivity index (χ3n) is 4.74. The van der Waals surface area contributed by atoms with Crippen molar-refractivity contribution in [2.45, 2.75) is 53.4 Å². The second-order valence-electron chi connectivity index (χ2n) is 6.82. The molecule has 2 aromatic carbocycles. The van der Waals surface area contributed by atoms with E-state index in [-0.39, 0.29) is 0 Å². The van der Waals surface area contributed by atoms with E-state index in [2.05, 4.69) is 84.0 Å². The normalized spacial score (nSPS) is 14.2. The van der Waals surface area contributed by atoms with E-state index in [4.69, 9.17) is 0 Å². The molecule has 0 N–H and O–H groups in total. The first-order valence-electron chi connectivity index (χ1n) is 8.04. The molecule has 2 unspecified atom stereocenters. The summed E-state index contributed by atoms with van der Waals surface area (Å²) in [5, 5.41) is 0. The molecule has 0 heterocycles. The summed E-state index contributed by atoms with van der Waals surface area (Å²) in [4.78, 5) is 0. The predicted octanol–water partition coefficient (Wildman–Crippen LogP) is 6.16. The zero-order valence-corrected chi connectivity index (χ0v) is 14.3. The molecule has 0 nitrogen and oxygen atoms in total. The Hall–Kier alpha value is -1.56. The fraction of sp³-hybridized carbons (Fsp3) is 0.429. The minimum atomic E-state index is 0.533. The lowest BCUT2D eigenvalue weighted by Crippen LogP contribution is -2.15. The molecule has 2 atom stereocenters. The molecule has 0 amide bonds. The van der Waals surface area contributed by atoms with Crippen LogP contribution >= 0.6 is 0 Å². The van der Waals surface area contributed by atoms with Crippen LogP contribution in [0, 0.1) is 26.7 Å². The van der Waals surface area contributed by atoms with E-state index in [0.717, 1.165) is 0 Å². The summed E-state index contributed by atoms with van der Waals surface area (Å²) in [6.45, 7) is 13.6. The molecule has 21 heavy (non-hydrogen) atoms. The van der Waals surface area contributed by atoms with E-state index in [0.29, 0.717) is 17.8 Å². The van der Waals surface area contributed by atoms with Gasteiger partial charge in [-0.15, -0.1) is 0 Å². The second kappa shape index (κ2) is 6.47. The maximum atomic E-state index is 2.37. The molecule has 2 aromatic rings. The van der Waals surface area contributed by atoms with Crippen LogP contribution in [0.25, 0.3) is 0 Å². The summed E-state index contributed by atoms with van der Waals surface area (Å²) >= 11 is 0. The average Bonchev–Trinajstić information content (AvgIpc) is 2.41. The quantitative estimate of drug-likeness (QED) is 0.629. The molecule has 0 aliphatic carbocycles. The molecule has 0 aliphatic rings. The number of rotatable bonds is 4. The lowest BCUT2D eigenvalue weighted by Gasteiger charge is -2.29. The molecule has 0 aliphatic heterocycles. The molecule has 0 saturated heterocycles. The molecular weight excluding hydrogens is 252 g/mol. The molecular formula is C21H28. The van der Waals surface area contributed by atoms with Crippen molar-refractivity contribution in [2.75, 3.05) is 0 Å². The number of hydrogen-bond donors (Lipinski definition) is 0. The van der Waals surface area contributed by atoms with Crippen LogP contribution in [0.4, 0.5) is 0 Å². The number of hydrogen-bond acceptors (Lipinski definition) is 0. The van der Waals surface area contributed by atoms with E-state index in [1.165, 1.54) is 27.8 Å². The van der Waals surface area contributed by atoms with Crippen LogP contribution < -0.4 is 0 Å². The van der Waals surface area contributed by atoms with E-state index in [1.807, 2.05) is 0 Å². The average molecular weight is 280 g/mol. The van der Waals surface area contributed by atoms with Gasteiger partial charge in [-0.05, 0) is 60.8 Å². The summed E-state index contributed by atoms with van der Waals surface area (Å²) in [7, 11) is 0. The minimum absolute atomic E-state index is 0.533. The molecule has 0 aromatic heterocycles. The molecule has 2 rings (SSSR count). The van der Waals surface area contributed by atoms with Gasteiger partial charge < -0.3 is 0 Å². The Kier molecular flexibility index (Phi) is 4.88. The molecule has 112 valence electrons. The third kappa shape index (κ3) is 3.56. The van der Waals surface area contributed by atoms with Gasteiger partial charge in [0.25, 0.3) is 0 Å². The van der Waals surface area contributed by atoms with Gasteiger partial charge in [-0.3, -0.25) is 0 Å². The summed E-state index contributed by atoms with van der Waals surface area (Å²) in [6, 6.07) is 15.9. The van der Waals surface area contributed by atoms with Gasteiger partial charge in [0, 0.05) is 0 Å². The Morgan fingerprint density at radius 3 is 2.00 bits per heavy atom. The smallest absolute Gasteiger partial charge is 0.00726 e. The van der Waals surface area contributed by atoms with Crippen LogP contribution in [0.5, 0.6) is 0 Å². The summed E-state index contributed by atoms with van der Waals surface area (Å²) in [6.07, 6.45) is 0. The van der Waals surface area contributed by atoms with Crippen LogP contribution in [0.1, 0.15) is 60.4 Å². The molecule has 0 heteroatoms. The Morgan fingerprint density at radius 2 is 1.43 bits per heavy atom. The fourth-order valence-corrected chi connectivity index (χ4v) is 3.38.